The number of nitrogens with one attached hydrogen (secondary N) is 1. The van der Waals surface area contributed by atoms with Crippen molar-refractivity contribution in [2.75, 3.05) is 18.6 Å². The molecule has 0 saturated heterocycles. The van der Waals surface area contributed by atoms with Crippen molar-refractivity contribution in [1.82, 2.24) is 5.32 Å². The first-order valence-corrected chi connectivity index (χ1v) is 5.12. The molecule has 0 aliphatic heterocycles. The molecule has 7 heteroatoms. The predicted molar refractivity (Wildman–Crippen MR) is 38.7 cm³/mol. The molecular formula is C5H9F2NO3S. The second-order valence-electron chi connectivity index (χ2n) is 2.22. The second kappa shape index (κ2) is 4.34. The van der Waals surface area contributed by atoms with E-state index in [1.165, 1.54) is 0 Å². The van der Waals surface area contributed by atoms with Gasteiger partial charge in [0.05, 0.1) is 5.75 Å². The first-order chi connectivity index (χ1) is 5.33. The monoisotopic (exact) mass is 201 g/mol. The fourth-order valence-corrected chi connectivity index (χ4v) is 0.910. The molecule has 1 N–H and O–H groups in total. The highest BCUT2D eigenvalue weighted by Gasteiger charge is 2.14. The summed E-state index contributed by atoms with van der Waals surface area (Å²) in [7, 11) is -3.21. The highest BCUT2D eigenvalue weighted by atomic mass is 32.2. The molecule has 0 unspecified atom stereocenters. The fraction of sp³-hybridized carbons (Fsp3) is 0.800. The van der Waals surface area contributed by atoms with Crippen molar-refractivity contribution in [3.05, 3.63) is 0 Å². The minimum Gasteiger partial charge on any atom is -0.350 e. The van der Waals surface area contributed by atoms with Crippen LogP contribution < -0.4 is 5.32 Å². The Morgan fingerprint density at radius 1 is 1.50 bits per heavy atom. The van der Waals surface area contributed by atoms with E-state index in [1.807, 2.05) is 0 Å². The van der Waals surface area contributed by atoms with E-state index in [2.05, 4.69) is 0 Å². The Bertz CT molecular complexity index is 249. The molecule has 72 valence electrons. The van der Waals surface area contributed by atoms with Crippen molar-refractivity contribution in [1.29, 1.82) is 0 Å². The Balaban J connectivity index is 3.66. The topological polar surface area (TPSA) is 63.2 Å². The van der Waals surface area contributed by atoms with Gasteiger partial charge in [-0.05, 0) is 0 Å². The van der Waals surface area contributed by atoms with Gasteiger partial charge >= 0.3 is 6.43 Å². The Labute approximate surface area is 68.9 Å². The number of hydrogen-bond donors (Lipinski definition) is 1. The van der Waals surface area contributed by atoms with Crippen LogP contribution in [0.5, 0.6) is 0 Å². The summed E-state index contributed by atoms with van der Waals surface area (Å²) in [6, 6.07) is 0. The maximum Gasteiger partial charge on any atom is 0.315 e. The lowest BCUT2D eigenvalue weighted by Gasteiger charge is -2.01. The molecule has 0 aromatic heterocycles. The summed E-state index contributed by atoms with van der Waals surface area (Å²) in [4.78, 5) is 10.2. The summed E-state index contributed by atoms with van der Waals surface area (Å²) >= 11 is 0. The number of carbonyl (C=O) groups is 1. The third-order valence-corrected chi connectivity index (χ3v) is 1.92. The van der Waals surface area contributed by atoms with E-state index in [9.17, 15) is 22.0 Å². The van der Waals surface area contributed by atoms with Gasteiger partial charge < -0.3 is 5.32 Å². The van der Waals surface area contributed by atoms with Gasteiger partial charge in [0.1, 0.15) is 9.84 Å². The number of carbonyl (C=O) groups excluding carboxylic acids is 1. The predicted octanol–water partition coefficient (Wildman–Crippen LogP) is -0.588. The first kappa shape index (κ1) is 11.3. The average Bonchev–Trinajstić information content (AvgIpc) is 1.84. The smallest absolute Gasteiger partial charge is 0.315 e. The van der Waals surface area contributed by atoms with Crippen LogP contribution in [0.1, 0.15) is 0 Å². The van der Waals surface area contributed by atoms with E-state index in [-0.39, 0.29) is 12.3 Å². The van der Waals surface area contributed by atoms with Crippen LogP contribution in [-0.2, 0) is 14.6 Å². The van der Waals surface area contributed by atoms with Gasteiger partial charge in [-0.3, -0.25) is 4.79 Å². The Kier molecular flexibility index (Phi) is 4.08. The lowest BCUT2D eigenvalue weighted by Crippen LogP contribution is -2.33. The summed E-state index contributed by atoms with van der Waals surface area (Å²) in [5.74, 6) is -1.77. The molecule has 0 aliphatic carbocycles. The Hall–Kier alpha value is -0.720. The van der Waals surface area contributed by atoms with Crippen molar-refractivity contribution in [2.24, 2.45) is 0 Å². The molecule has 0 spiro atoms. The largest absolute Gasteiger partial charge is 0.350 e. The van der Waals surface area contributed by atoms with Crippen LogP contribution in [0.25, 0.3) is 0 Å². The van der Waals surface area contributed by atoms with Gasteiger partial charge in [0, 0.05) is 12.8 Å². The molecule has 0 aromatic carbocycles. The number of amides is 1. The zero-order valence-corrected chi connectivity index (χ0v) is 7.20. The van der Waals surface area contributed by atoms with E-state index in [0.717, 1.165) is 6.26 Å². The van der Waals surface area contributed by atoms with Crippen LogP contribution in [0.15, 0.2) is 0 Å². The average molecular weight is 201 g/mol. The summed E-state index contributed by atoms with van der Waals surface area (Å²) in [5, 5.41) is 1.77. The van der Waals surface area contributed by atoms with Gasteiger partial charge in [0.25, 0.3) is 5.91 Å². The van der Waals surface area contributed by atoms with E-state index in [1.54, 1.807) is 5.32 Å². The lowest BCUT2D eigenvalue weighted by molar-refractivity contribution is -0.131. The second-order valence-corrected chi connectivity index (χ2v) is 4.48. The molecule has 0 atom stereocenters. The van der Waals surface area contributed by atoms with Gasteiger partial charge in [0.2, 0.25) is 0 Å². The molecule has 1 amide bonds. The molecule has 0 fully saturated rings. The van der Waals surface area contributed by atoms with Crippen LogP contribution in [-0.4, -0.2) is 39.3 Å². The van der Waals surface area contributed by atoms with Crippen molar-refractivity contribution in [3.8, 4) is 0 Å². The summed E-state index contributed by atoms with van der Waals surface area (Å²) in [6.45, 7) is -0.276. The third kappa shape index (κ3) is 6.02. The van der Waals surface area contributed by atoms with Crippen LogP contribution in [0.3, 0.4) is 0 Å². The maximum atomic E-state index is 11.5. The molecular weight excluding hydrogens is 192 g/mol. The molecule has 0 bridgehead atoms. The van der Waals surface area contributed by atoms with Gasteiger partial charge in [-0.15, -0.1) is 0 Å². The Morgan fingerprint density at radius 3 is 2.33 bits per heavy atom. The fourth-order valence-electron chi connectivity index (χ4n) is 0.437. The quantitative estimate of drug-likeness (QED) is 0.661. The number of alkyl halides is 2. The molecule has 4 nitrogen and oxygen atoms in total. The van der Waals surface area contributed by atoms with E-state index in [4.69, 9.17) is 0 Å². The van der Waals surface area contributed by atoms with Gasteiger partial charge in [-0.1, -0.05) is 0 Å². The highest BCUT2D eigenvalue weighted by molar-refractivity contribution is 7.90. The molecule has 0 heterocycles. The van der Waals surface area contributed by atoms with Crippen molar-refractivity contribution in [3.63, 3.8) is 0 Å². The minimum absolute atomic E-state index is 0.276. The molecule has 0 aliphatic rings. The molecule has 0 saturated carbocycles. The Morgan fingerprint density at radius 2 is 2.00 bits per heavy atom. The SMILES string of the molecule is CS(=O)(=O)CCNC(=O)C(F)F. The van der Waals surface area contributed by atoms with E-state index in [0.29, 0.717) is 0 Å². The van der Waals surface area contributed by atoms with Crippen molar-refractivity contribution in [2.45, 2.75) is 6.43 Å². The lowest BCUT2D eigenvalue weighted by atomic mass is 10.6. The van der Waals surface area contributed by atoms with Gasteiger partial charge in [-0.2, -0.15) is 8.78 Å². The van der Waals surface area contributed by atoms with Crippen LogP contribution >= 0.6 is 0 Å². The number of hydrogen-bond acceptors (Lipinski definition) is 3. The normalized spacial score (nSPS) is 11.7. The number of rotatable bonds is 4. The number of halogens is 2. The third-order valence-electron chi connectivity index (χ3n) is 0.970. The van der Waals surface area contributed by atoms with Gasteiger partial charge in [0.15, 0.2) is 0 Å². The van der Waals surface area contributed by atoms with Crippen molar-refractivity contribution < 1.29 is 22.0 Å². The first-order valence-electron chi connectivity index (χ1n) is 3.06. The minimum atomic E-state index is -3.21. The standard InChI is InChI=1S/C5H9F2NO3S/c1-12(10,11)3-2-8-5(9)4(6)7/h4H,2-3H2,1H3,(H,8,9). The zero-order valence-electron chi connectivity index (χ0n) is 6.38. The maximum absolute atomic E-state index is 11.5. The van der Waals surface area contributed by atoms with Gasteiger partial charge in [-0.25, -0.2) is 8.42 Å². The van der Waals surface area contributed by atoms with Crippen LogP contribution in [0, 0.1) is 0 Å². The highest BCUT2D eigenvalue weighted by Crippen LogP contribution is 1.90. The van der Waals surface area contributed by atoms with Crippen LogP contribution in [0.2, 0.25) is 0 Å². The van der Waals surface area contributed by atoms with Crippen LogP contribution in [0.4, 0.5) is 8.78 Å². The molecule has 12 heavy (non-hydrogen) atoms. The zero-order chi connectivity index (χ0) is 9.78. The number of sulfone groups is 1. The van der Waals surface area contributed by atoms with E-state index < -0.39 is 22.2 Å². The molecule has 0 rings (SSSR count). The molecule has 0 radical (unpaired) electrons. The van der Waals surface area contributed by atoms with Crippen molar-refractivity contribution >= 4 is 15.7 Å². The summed E-state index contributed by atoms with van der Waals surface area (Å²) in [6.07, 6.45) is -2.13. The molecule has 0 aromatic rings. The summed E-state index contributed by atoms with van der Waals surface area (Å²) in [5.41, 5.74) is 0. The van der Waals surface area contributed by atoms with E-state index >= 15 is 0 Å². The summed E-state index contributed by atoms with van der Waals surface area (Å²) < 4.78 is 43.9.